The molecule has 2 aliphatic rings. The summed E-state index contributed by atoms with van der Waals surface area (Å²) >= 11 is 0. The molecule has 2 saturated carbocycles. The van der Waals surface area contributed by atoms with E-state index in [1.165, 1.54) is 0 Å². The highest BCUT2D eigenvalue weighted by atomic mass is 16.4. The molecule has 0 heterocycles. The summed E-state index contributed by atoms with van der Waals surface area (Å²) < 4.78 is 0. The molecule has 0 aliphatic heterocycles. The van der Waals surface area contributed by atoms with E-state index in [1.54, 1.807) is 0 Å². The Hall–Kier alpha value is -0.570. The lowest BCUT2D eigenvalue weighted by Crippen LogP contribution is -2.59. The Morgan fingerprint density at radius 3 is 2.00 bits per heavy atom. The maximum atomic E-state index is 11.5. The van der Waals surface area contributed by atoms with Gasteiger partial charge in [0.15, 0.2) is 0 Å². The van der Waals surface area contributed by atoms with Crippen molar-refractivity contribution in [3.05, 3.63) is 0 Å². The Labute approximate surface area is 96.9 Å². The van der Waals surface area contributed by atoms with Gasteiger partial charge in [-0.1, -0.05) is 20.3 Å². The standard InChI is InChI=1S/C13H22O3/c1-9-6-10(2)8-13(16,7-9)12(11(14)15)4-3-5-12/h9-10,16H,3-8H2,1-2H3,(H,14,15). The lowest BCUT2D eigenvalue weighted by molar-refractivity contribution is -0.197. The molecule has 0 radical (unpaired) electrons. The third kappa shape index (κ3) is 1.56. The van der Waals surface area contributed by atoms with Gasteiger partial charge in [-0.25, -0.2) is 0 Å². The lowest BCUT2D eigenvalue weighted by Gasteiger charge is -2.54. The third-order valence-electron chi connectivity index (χ3n) is 4.68. The first-order valence-electron chi connectivity index (χ1n) is 6.35. The van der Waals surface area contributed by atoms with Gasteiger partial charge in [-0.05, 0) is 43.9 Å². The highest BCUT2D eigenvalue weighted by Gasteiger charge is 2.60. The second-order valence-corrected chi connectivity index (χ2v) is 6.13. The maximum Gasteiger partial charge on any atom is 0.312 e. The summed E-state index contributed by atoms with van der Waals surface area (Å²) in [6.45, 7) is 4.24. The van der Waals surface area contributed by atoms with Crippen LogP contribution in [0.4, 0.5) is 0 Å². The highest BCUT2D eigenvalue weighted by molar-refractivity contribution is 5.77. The summed E-state index contributed by atoms with van der Waals surface area (Å²) in [7, 11) is 0. The SMILES string of the molecule is CC1CC(C)CC(O)(C2(C(=O)O)CCC2)C1. The molecule has 0 aromatic rings. The quantitative estimate of drug-likeness (QED) is 0.760. The molecular weight excluding hydrogens is 204 g/mol. The smallest absolute Gasteiger partial charge is 0.312 e. The monoisotopic (exact) mass is 226 g/mol. The van der Waals surface area contributed by atoms with Crippen molar-refractivity contribution in [2.45, 2.75) is 58.0 Å². The second kappa shape index (κ2) is 3.73. The maximum absolute atomic E-state index is 11.5. The molecule has 2 fully saturated rings. The van der Waals surface area contributed by atoms with Crippen LogP contribution in [0.15, 0.2) is 0 Å². The van der Waals surface area contributed by atoms with E-state index >= 15 is 0 Å². The highest BCUT2D eigenvalue weighted by Crippen LogP contribution is 2.56. The van der Waals surface area contributed by atoms with Gasteiger partial charge in [-0.3, -0.25) is 4.79 Å². The summed E-state index contributed by atoms with van der Waals surface area (Å²) in [6, 6.07) is 0. The lowest BCUT2D eigenvalue weighted by atomic mass is 9.52. The number of carbonyl (C=O) groups is 1. The first-order chi connectivity index (χ1) is 7.40. The molecule has 2 unspecified atom stereocenters. The number of carboxylic acids is 1. The first-order valence-corrected chi connectivity index (χ1v) is 6.35. The van der Waals surface area contributed by atoms with Crippen molar-refractivity contribution < 1.29 is 15.0 Å². The zero-order chi connectivity index (χ0) is 12.0. The minimum absolute atomic E-state index is 0.436. The van der Waals surface area contributed by atoms with Gasteiger partial charge in [-0.2, -0.15) is 0 Å². The van der Waals surface area contributed by atoms with Gasteiger partial charge < -0.3 is 10.2 Å². The summed E-state index contributed by atoms with van der Waals surface area (Å²) in [5, 5.41) is 20.2. The molecule has 0 saturated heterocycles. The predicted molar refractivity (Wildman–Crippen MR) is 61.0 cm³/mol. The molecular formula is C13H22O3. The molecule has 2 N–H and O–H groups in total. The summed E-state index contributed by atoms with van der Waals surface area (Å²) in [5.74, 6) is 0.0821. The van der Waals surface area contributed by atoms with Gasteiger partial charge in [0.1, 0.15) is 0 Å². The summed E-state index contributed by atoms with van der Waals surface area (Å²) in [6.07, 6.45) is 4.67. The van der Waals surface area contributed by atoms with Crippen LogP contribution in [0, 0.1) is 17.3 Å². The molecule has 2 aliphatic carbocycles. The number of hydrogen-bond acceptors (Lipinski definition) is 2. The summed E-state index contributed by atoms with van der Waals surface area (Å²) in [5.41, 5.74) is -1.80. The topological polar surface area (TPSA) is 57.5 Å². The predicted octanol–water partition coefficient (Wildman–Crippen LogP) is 2.43. The van der Waals surface area contributed by atoms with Crippen molar-refractivity contribution in [2.75, 3.05) is 0 Å². The second-order valence-electron chi connectivity index (χ2n) is 6.13. The number of rotatable bonds is 2. The van der Waals surface area contributed by atoms with Gasteiger partial charge in [0.2, 0.25) is 0 Å². The molecule has 0 amide bonds. The molecule has 16 heavy (non-hydrogen) atoms. The van der Waals surface area contributed by atoms with E-state index in [0.29, 0.717) is 37.5 Å². The molecule has 2 atom stereocenters. The van der Waals surface area contributed by atoms with Gasteiger partial charge in [0, 0.05) is 0 Å². The van der Waals surface area contributed by atoms with E-state index in [9.17, 15) is 15.0 Å². The fourth-order valence-electron chi connectivity index (χ4n) is 3.89. The van der Waals surface area contributed by atoms with E-state index in [4.69, 9.17) is 0 Å². The molecule has 3 nitrogen and oxygen atoms in total. The van der Waals surface area contributed by atoms with Gasteiger partial charge in [-0.15, -0.1) is 0 Å². The van der Waals surface area contributed by atoms with Gasteiger partial charge in [0.05, 0.1) is 11.0 Å². The fourth-order valence-corrected chi connectivity index (χ4v) is 3.89. The molecule has 0 aromatic carbocycles. The van der Waals surface area contributed by atoms with Crippen molar-refractivity contribution in [1.82, 2.24) is 0 Å². The van der Waals surface area contributed by atoms with E-state index in [-0.39, 0.29) is 0 Å². The largest absolute Gasteiger partial charge is 0.481 e. The molecule has 0 spiro atoms. The van der Waals surface area contributed by atoms with E-state index in [2.05, 4.69) is 13.8 Å². The average Bonchev–Trinajstić information content (AvgIpc) is 1.95. The Bertz CT molecular complexity index is 284. The number of aliphatic hydroxyl groups is 1. The Morgan fingerprint density at radius 2 is 1.69 bits per heavy atom. The zero-order valence-electron chi connectivity index (χ0n) is 10.2. The van der Waals surface area contributed by atoms with Gasteiger partial charge >= 0.3 is 5.97 Å². The normalized spacial score (nSPS) is 42.4. The van der Waals surface area contributed by atoms with Crippen LogP contribution < -0.4 is 0 Å². The van der Waals surface area contributed by atoms with Crippen molar-refractivity contribution in [3.63, 3.8) is 0 Å². The van der Waals surface area contributed by atoms with Crippen molar-refractivity contribution in [3.8, 4) is 0 Å². The Morgan fingerprint density at radius 1 is 1.19 bits per heavy atom. The molecule has 3 heteroatoms. The van der Waals surface area contributed by atoms with E-state index < -0.39 is 17.0 Å². The molecule has 2 rings (SSSR count). The van der Waals surface area contributed by atoms with Crippen LogP contribution in [0.1, 0.15) is 52.4 Å². The Kier molecular flexibility index (Phi) is 2.77. The van der Waals surface area contributed by atoms with Gasteiger partial charge in [0.25, 0.3) is 0 Å². The molecule has 92 valence electrons. The van der Waals surface area contributed by atoms with Crippen LogP contribution in [0.25, 0.3) is 0 Å². The van der Waals surface area contributed by atoms with E-state index in [1.807, 2.05) is 0 Å². The number of aliphatic carboxylic acids is 1. The van der Waals surface area contributed by atoms with Crippen LogP contribution in [-0.4, -0.2) is 21.8 Å². The van der Waals surface area contributed by atoms with Crippen molar-refractivity contribution in [1.29, 1.82) is 0 Å². The minimum atomic E-state index is -0.964. The van der Waals surface area contributed by atoms with Crippen molar-refractivity contribution in [2.24, 2.45) is 17.3 Å². The van der Waals surface area contributed by atoms with Crippen molar-refractivity contribution >= 4 is 5.97 Å². The van der Waals surface area contributed by atoms with Crippen LogP contribution in [-0.2, 0) is 4.79 Å². The number of carboxylic acid groups (broad SMARTS) is 1. The van der Waals surface area contributed by atoms with Crippen LogP contribution >= 0.6 is 0 Å². The van der Waals surface area contributed by atoms with Crippen LogP contribution in [0.3, 0.4) is 0 Å². The number of hydrogen-bond donors (Lipinski definition) is 2. The average molecular weight is 226 g/mol. The minimum Gasteiger partial charge on any atom is -0.481 e. The van der Waals surface area contributed by atoms with Crippen LogP contribution in [0.5, 0.6) is 0 Å². The van der Waals surface area contributed by atoms with Crippen LogP contribution in [0.2, 0.25) is 0 Å². The zero-order valence-corrected chi connectivity index (χ0v) is 10.2. The fraction of sp³-hybridized carbons (Fsp3) is 0.923. The third-order valence-corrected chi connectivity index (χ3v) is 4.68. The Balaban J connectivity index is 2.25. The molecule has 0 bridgehead atoms. The van der Waals surface area contributed by atoms with E-state index in [0.717, 1.165) is 12.8 Å². The summed E-state index contributed by atoms with van der Waals surface area (Å²) in [4.78, 5) is 11.5. The first kappa shape index (κ1) is 11.9. The molecule has 0 aromatic heterocycles.